The van der Waals surface area contributed by atoms with Crippen LogP contribution in [0.3, 0.4) is 0 Å². The Balaban J connectivity index is 2.51. The van der Waals surface area contributed by atoms with Crippen LogP contribution >= 0.6 is 11.6 Å². The normalized spacial score (nSPS) is 9.88. The topological polar surface area (TPSA) is 95.6 Å². The second-order valence-corrected chi connectivity index (χ2v) is 3.73. The van der Waals surface area contributed by atoms with E-state index in [1.165, 1.54) is 0 Å². The molecule has 1 heterocycles. The van der Waals surface area contributed by atoms with Crippen LogP contribution in [0.25, 0.3) is 11.4 Å². The number of nitrogens with two attached hydrogens (primary N) is 1. The highest BCUT2D eigenvalue weighted by atomic mass is 35.5. The molecule has 3 N–H and O–H groups in total. The van der Waals surface area contributed by atoms with Crippen molar-refractivity contribution in [2.75, 3.05) is 0 Å². The van der Waals surface area contributed by atoms with E-state index in [1.807, 2.05) is 6.07 Å². The van der Waals surface area contributed by atoms with Gasteiger partial charge in [-0.25, -0.2) is 4.98 Å². The van der Waals surface area contributed by atoms with E-state index in [0.717, 1.165) is 5.56 Å². The van der Waals surface area contributed by atoms with Crippen molar-refractivity contribution >= 4 is 17.5 Å². The number of carbonyl (C=O) groups is 1. The SMILES string of the molecule is N#Cc1nc(-c2ccc(Cl)cc2)[nH]c1C(N)=O. The lowest BCUT2D eigenvalue weighted by Gasteiger charge is -1.95. The molecule has 0 bridgehead atoms. The molecule has 0 atom stereocenters. The van der Waals surface area contributed by atoms with Crippen molar-refractivity contribution in [2.45, 2.75) is 0 Å². The predicted octanol–water partition coefficient (Wildman–Crippen LogP) is 1.70. The summed E-state index contributed by atoms with van der Waals surface area (Å²) in [6.07, 6.45) is 0. The summed E-state index contributed by atoms with van der Waals surface area (Å²) in [7, 11) is 0. The Bertz CT molecular complexity index is 609. The molecule has 0 radical (unpaired) electrons. The zero-order valence-corrected chi connectivity index (χ0v) is 9.32. The van der Waals surface area contributed by atoms with Gasteiger partial charge in [-0.3, -0.25) is 4.79 Å². The van der Waals surface area contributed by atoms with Crippen molar-refractivity contribution < 1.29 is 4.79 Å². The molecule has 0 aliphatic rings. The average molecular weight is 247 g/mol. The van der Waals surface area contributed by atoms with Gasteiger partial charge in [0.05, 0.1) is 0 Å². The maximum atomic E-state index is 11.1. The number of nitrogens with one attached hydrogen (secondary N) is 1. The number of primary amides is 1. The van der Waals surface area contributed by atoms with Gasteiger partial charge in [0.25, 0.3) is 5.91 Å². The van der Waals surface area contributed by atoms with Gasteiger partial charge in [-0.15, -0.1) is 0 Å². The summed E-state index contributed by atoms with van der Waals surface area (Å²) in [5.41, 5.74) is 5.84. The van der Waals surface area contributed by atoms with Gasteiger partial charge >= 0.3 is 0 Å². The van der Waals surface area contributed by atoms with E-state index >= 15 is 0 Å². The highest BCUT2D eigenvalue weighted by molar-refractivity contribution is 6.30. The number of H-pyrrole nitrogens is 1. The van der Waals surface area contributed by atoms with Crippen molar-refractivity contribution in [1.82, 2.24) is 9.97 Å². The maximum absolute atomic E-state index is 11.1. The van der Waals surface area contributed by atoms with E-state index in [9.17, 15) is 4.79 Å². The van der Waals surface area contributed by atoms with Crippen LogP contribution in [0.4, 0.5) is 0 Å². The van der Waals surface area contributed by atoms with E-state index in [4.69, 9.17) is 22.6 Å². The molecule has 0 spiro atoms. The van der Waals surface area contributed by atoms with Gasteiger partial charge in [0.1, 0.15) is 17.6 Å². The van der Waals surface area contributed by atoms with Crippen LogP contribution in [0.15, 0.2) is 24.3 Å². The van der Waals surface area contributed by atoms with Gasteiger partial charge in [0, 0.05) is 10.6 Å². The van der Waals surface area contributed by atoms with Crippen molar-refractivity contribution in [2.24, 2.45) is 5.73 Å². The third kappa shape index (κ3) is 2.12. The highest BCUT2D eigenvalue weighted by Crippen LogP contribution is 2.20. The molecule has 0 saturated carbocycles. The van der Waals surface area contributed by atoms with Crippen LogP contribution in [0.5, 0.6) is 0 Å². The number of halogens is 1. The molecule has 2 aromatic rings. The number of aromatic nitrogens is 2. The molecule has 0 aliphatic carbocycles. The quantitative estimate of drug-likeness (QED) is 0.844. The molecule has 1 aromatic carbocycles. The summed E-state index contributed by atoms with van der Waals surface area (Å²) in [4.78, 5) is 17.8. The van der Waals surface area contributed by atoms with Gasteiger partial charge in [-0.1, -0.05) is 11.6 Å². The van der Waals surface area contributed by atoms with E-state index in [-0.39, 0.29) is 11.4 Å². The summed E-state index contributed by atoms with van der Waals surface area (Å²) in [6.45, 7) is 0. The smallest absolute Gasteiger partial charge is 0.268 e. The number of benzene rings is 1. The molecule has 84 valence electrons. The molecule has 0 fully saturated rings. The molecule has 0 saturated heterocycles. The van der Waals surface area contributed by atoms with E-state index < -0.39 is 5.91 Å². The molecular weight excluding hydrogens is 240 g/mol. The Hall–Kier alpha value is -2.32. The molecule has 6 heteroatoms. The maximum Gasteiger partial charge on any atom is 0.268 e. The summed E-state index contributed by atoms with van der Waals surface area (Å²) in [5, 5.41) is 9.40. The Morgan fingerprint density at radius 2 is 2.06 bits per heavy atom. The molecule has 0 aliphatic heterocycles. The van der Waals surface area contributed by atoms with Crippen LogP contribution in [-0.4, -0.2) is 15.9 Å². The number of rotatable bonds is 2. The second-order valence-electron chi connectivity index (χ2n) is 3.29. The lowest BCUT2D eigenvalue weighted by Crippen LogP contribution is -2.13. The van der Waals surface area contributed by atoms with E-state index in [1.54, 1.807) is 24.3 Å². The van der Waals surface area contributed by atoms with Gasteiger partial charge in [0.2, 0.25) is 0 Å². The zero-order chi connectivity index (χ0) is 12.4. The summed E-state index contributed by atoms with van der Waals surface area (Å²) >= 11 is 5.76. The van der Waals surface area contributed by atoms with Gasteiger partial charge in [0.15, 0.2) is 5.69 Å². The number of nitrogens with zero attached hydrogens (tertiary/aromatic N) is 2. The third-order valence-electron chi connectivity index (χ3n) is 2.17. The average Bonchev–Trinajstić information content (AvgIpc) is 2.74. The van der Waals surface area contributed by atoms with Crippen LogP contribution in [-0.2, 0) is 0 Å². The number of amides is 1. The number of hydrogen-bond donors (Lipinski definition) is 2. The van der Waals surface area contributed by atoms with Crippen LogP contribution < -0.4 is 5.73 Å². The lowest BCUT2D eigenvalue weighted by atomic mass is 10.2. The Kier molecular flexibility index (Phi) is 2.81. The Morgan fingerprint density at radius 3 is 2.53 bits per heavy atom. The minimum atomic E-state index is -0.714. The molecule has 1 aromatic heterocycles. The molecule has 17 heavy (non-hydrogen) atoms. The van der Waals surface area contributed by atoms with Crippen molar-refractivity contribution in [3.63, 3.8) is 0 Å². The van der Waals surface area contributed by atoms with Gasteiger partial charge in [-0.05, 0) is 24.3 Å². The first-order chi connectivity index (χ1) is 8.11. The molecule has 2 rings (SSSR count). The third-order valence-corrected chi connectivity index (χ3v) is 2.43. The monoisotopic (exact) mass is 246 g/mol. The fourth-order valence-corrected chi connectivity index (χ4v) is 1.50. The second kappa shape index (κ2) is 4.28. The number of imidazole rings is 1. The van der Waals surface area contributed by atoms with Crippen molar-refractivity contribution in [1.29, 1.82) is 5.26 Å². The number of nitriles is 1. The molecule has 0 unspecified atom stereocenters. The van der Waals surface area contributed by atoms with Crippen molar-refractivity contribution in [3.05, 3.63) is 40.7 Å². The highest BCUT2D eigenvalue weighted by Gasteiger charge is 2.15. The Labute approximate surface area is 102 Å². The molecular formula is C11H7ClN4O. The zero-order valence-electron chi connectivity index (χ0n) is 8.57. The van der Waals surface area contributed by atoms with Crippen LogP contribution in [0.2, 0.25) is 5.02 Å². The van der Waals surface area contributed by atoms with Gasteiger partial charge < -0.3 is 10.7 Å². The lowest BCUT2D eigenvalue weighted by molar-refractivity contribution is 0.0996. The minimum Gasteiger partial charge on any atom is -0.364 e. The first-order valence-electron chi connectivity index (χ1n) is 4.67. The minimum absolute atomic E-state index is 0.0115. The Morgan fingerprint density at radius 1 is 1.41 bits per heavy atom. The number of hydrogen-bond acceptors (Lipinski definition) is 3. The fraction of sp³-hybridized carbons (Fsp3) is 0. The summed E-state index contributed by atoms with van der Waals surface area (Å²) in [6, 6.07) is 8.65. The predicted molar refractivity (Wildman–Crippen MR) is 62.3 cm³/mol. The van der Waals surface area contributed by atoms with Gasteiger partial charge in [-0.2, -0.15) is 5.26 Å². The number of aromatic amines is 1. The summed E-state index contributed by atoms with van der Waals surface area (Å²) < 4.78 is 0. The largest absolute Gasteiger partial charge is 0.364 e. The fourth-order valence-electron chi connectivity index (χ4n) is 1.38. The first kappa shape index (κ1) is 11.2. The molecule has 5 nitrogen and oxygen atoms in total. The van der Waals surface area contributed by atoms with Crippen molar-refractivity contribution in [3.8, 4) is 17.5 Å². The first-order valence-corrected chi connectivity index (χ1v) is 5.05. The van der Waals surface area contributed by atoms with E-state index in [0.29, 0.717) is 10.8 Å². The van der Waals surface area contributed by atoms with E-state index in [2.05, 4.69) is 9.97 Å². The van der Waals surface area contributed by atoms with Crippen LogP contribution in [0.1, 0.15) is 16.2 Å². The number of carbonyl (C=O) groups excluding carboxylic acids is 1. The van der Waals surface area contributed by atoms with Crippen LogP contribution in [0, 0.1) is 11.3 Å². The standard InChI is InChI=1S/C11H7ClN4O/c12-7-3-1-6(2-4-7)11-15-8(5-13)9(16-11)10(14)17/h1-4H,(H2,14,17)(H,15,16). The molecule has 1 amide bonds. The summed E-state index contributed by atoms with van der Waals surface area (Å²) in [5.74, 6) is -0.304.